The fourth-order valence-electron chi connectivity index (χ4n) is 3.86. The Morgan fingerprint density at radius 1 is 1.31 bits per heavy atom. The molecule has 4 rings (SSSR count). The van der Waals surface area contributed by atoms with Crippen LogP contribution in [0.25, 0.3) is 11.0 Å². The van der Waals surface area contributed by atoms with Gasteiger partial charge >= 0.3 is 0 Å². The maximum absolute atomic E-state index is 13.0. The summed E-state index contributed by atoms with van der Waals surface area (Å²) in [6, 6.07) is 8.36. The molecule has 1 unspecified atom stereocenters. The molecular weight excluding hydrogens is 328 g/mol. The van der Waals surface area contributed by atoms with E-state index in [1.807, 2.05) is 41.0 Å². The average Bonchev–Trinajstić information content (AvgIpc) is 3.41. The van der Waals surface area contributed by atoms with E-state index in [0.29, 0.717) is 44.9 Å². The fourth-order valence-corrected chi connectivity index (χ4v) is 3.86. The Morgan fingerprint density at radius 2 is 2.12 bits per heavy atom. The molecule has 0 bridgehead atoms. The molecule has 2 amide bonds. The Hall–Kier alpha value is -2.37. The number of nitrogens with zero attached hydrogens (tertiary/aromatic N) is 3. The van der Waals surface area contributed by atoms with Gasteiger partial charge in [-0.15, -0.1) is 0 Å². The van der Waals surface area contributed by atoms with Crippen molar-refractivity contribution in [1.29, 1.82) is 0 Å². The second-order valence-corrected chi connectivity index (χ2v) is 7.38. The number of fused-ring (bicyclic) bond motifs is 1. The third-order valence-electron chi connectivity index (χ3n) is 5.53. The van der Waals surface area contributed by atoms with Crippen LogP contribution in [0.4, 0.5) is 0 Å². The molecule has 1 saturated heterocycles. The largest absolute Gasteiger partial charge is 0.342 e. The number of benzene rings is 1. The van der Waals surface area contributed by atoms with E-state index >= 15 is 0 Å². The summed E-state index contributed by atoms with van der Waals surface area (Å²) in [5.74, 6) is 1.27. The van der Waals surface area contributed by atoms with Gasteiger partial charge in [0.25, 0.3) is 0 Å². The Kier molecular flexibility index (Phi) is 4.66. The number of carbonyl (C=O) groups excluding carboxylic acids is 2. The van der Waals surface area contributed by atoms with Crippen LogP contribution in [0.1, 0.15) is 38.4 Å². The van der Waals surface area contributed by atoms with Gasteiger partial charge in [-0.2, -0.15) is 0 Å². The van der Waals surface area contributed by atoms with Crippen molar-refractivity contribution in [3.8, 4) is 0 Å². The molecule has 2 aliphatic rings. The Balaban J connectivity index is 1.38. The second kappa shape index (κ2) is 7.09. The van der Waals surface area contributed by atoms with Crippen LogP contribution in [0.5, 0.6) is 0 Å². The predicted octanol–water partition coefficient (Wildman–Crippen LogP) is 2.35. The third-order valence-corrected chi connectivity index (χ3v) is 5.53. The molecule has 1 aromatic carbocycles. The number of piperidine rings is 1. The van der Waals surface area contributed by atoms with Gasteiger partial charge in [0.05, 0.1) is 17.0 Å². The van der Waals surface area contributed by atoms with Crippen molar-refractivity contribution in [3.63, 3.8) is 0 Å². The first-order valence-electron chi connectivity index (χ1n) is 9.67. The standard InChI is InChI=1S/C20H26N4O2/c1-2-23(12-11-18-21-16-5-3-4-6-17(16)22-18)20(26)14-7-10-19(25)24(13-14)15-8-9-15/h3-6,14-15H,2,7-13H2,1H3,(H,21,22). The van der Waals surface area contributed by atoms with Gasteiger partial charge in [0, 0.05) is 38.5 Å². The maximum atomic E-state index is 13.0. The van der Waals surface area contributed by atoms with Gasteiger partial charge < -0.3 is 14.8 Å². The van der Waals surface area contributed by atoms with Crippen LogP contribution in [0.3, 0.4) is 0 Å². The zero-order valence-corrected chi connectivity index (χ0v) is 15.3. The first-order valence-corrected chi connectivity index (χ1v) is 9.67. The van der Waals surface area contributed by atoms with E-state index in [1.165, 1.54) is 0 Å². The SMILES string of the molecule is CCN(CCc1nc2ccccc2[nH]1)C(=O)C1CCC(=O)N(C2CC2)C1. The first kappa shape index (κ1) is 17.1. The monoisotopic (exact) mass is 354 g/mol. The number of aromatic amines is 1. The van der Waals surface area contributed by atoms with E-state index in [9.17, 15) is 9.59 Å². The van der Waals surface area contributed by atoms with Crippen LogP contribution in [0, 0.1) is 5.92 Å². The van der Waals surface area contributed by atoms with E-state index in [4.69, 9.17) is 0 Å². The summed E-state index contributed by atoms with van der Waals surface area (Å²) in [7, 11) is 0. The summed E-state index contributed by atoms with van der Waals surface area (Å²) in [5.41, 5.74) is 1.99. The van der Waals surface area contributed by atoms with E-state index in [0.717, 1.165) is 29.7 Å². The van der Waals surface area contributed by atoms with Gasteiger partial charge in [-0.25, -0.2) is 4.98 Å². The first-order chi connectivity index (χ1) is 12.7. The second-order valence-electron chi connectivity index (χ2n) is 7.38. The molecule has 2 fully saturated rings. The normalized spacial score (nSPS) is 20.6. The maximum Gasteiger partial charge on any atom is 0.227 e. The minimum Gasteiger partial charge on any atom is -0.342 e. The summed E-state index contributed by atoms with van der Waals surface area (Å²) in [5, 5.41) is 0. The number of likely N-dealkylation sites (N-methyl/N-ethyl adjacent to an activating group) is 1. The highest BCUT2D eigenvalue weighted by Crippen LogP contribution is 2.32. The van der Waals surface area contributed by atoms with E-state index < -0.39 is 0 Å². The van der Waals surface area contributed by atoms with Gasteiger partial charge in [0.2, 0.25) is 11.8 Å². The van der Waals surface area contributed by atoms with Crippen molar-refractivity contribution >= 4 is 22.8 Å². The highest BCUT2D eigenvalue weighted by molar-refractivity contribution is 5.84. The topological polar surface area (TPSA) is 69.3 Å². The lowest BCUT2D eigenvalue weighted by Crippen LogP contribution is -2.48. The summed E-state index contributed by atoms with van der Waals surface area (Å²) in [4.78, 5) is 36.8. The van der Waals surface area contributed by atoms with Gasteiger partial charge in [0.1, 0.15) is 5.82 Å². The number of carbonyl (C=O) groups is 2. The van der Waals surface area contributed by atoms with Crippen molar-refractivity contribution in [2.75, 3.05) is 19.6 Å². The van der Waals surface area contributed by atoms with Crippen molar-refractivity contribution < 1.29 is 9.59 Å². The molecule has 2 aromatic rings. The molecule has 0 spiro atoms. The number of H-pyrrole nitrogens is 1. The molecule has 6 nitrogen and oxygen atoms in total. The van der Waals surface area contributed by atoms with Crippen LogP contribution in [-0.4, -0.2) is 57.3 Å². The van der Waals surface area contributed by atoms with Crippen molar-refractivity contribution in [2.45, 2.75) is 45.1 Å². The van der Waals surface area contributed by atoms with E-state index in [2.05, 4.69) is 9.97 Å². The van der Waals surface area contributed by atoms with Crippen molar-refractivity contribution in [3.05, 3.63) is 30.1 Å². The summed E-state index contributed by atoms with van der Waals surface area (Å²) >= 11 is 0. The van der Waals surface area contributed by atoms with Crippen LogP contribution >= 0.6 is 0 Å². The molecule has 2 heterocycles. The molecular formula is C20H26N4O2. The van der Waals surface area contributed by atoms with Gasteiger partial charge in [-0.05, 0) is 38.3 Å². The van der Waals surface area contributed by atoms with E-state index in [1.54, 1.807) is 0 Å². The van der Waals surface area contributed by atoms with Crippen molar-refractivity contribution in [2.24, 2.45) is 5.92 Å². The smallest absolute Gasteiger partial charge is 0.227 e. The quantitative estimate of drug-likeness (QED) is 0.866. The Labute approximate surface area is 153 Å². The number of amides is 2. The van der Waals surface area contributed by atoms with Crippen LogP contribution in [0.2, 0.25) is 0 Å². The molecule has 1 N–H and O–H groups in total. The van der Waals surface area contributed by atoms with Gasteiger partial charge in [-0.1, -0.05) is 12.1 Å². The number of likely N-dealkylation sites (tertiary alicyclic amines) is 1. The summed E-state index contributed by atoms with van der Waals surface area (Å²) in [6.07, 6.45) is 4.09. The van der Waals surface area contributed by atoms with Crippen molar-refractivity contribution in [1.82, 2.24) is 19.8 Å². The Morgan fingerprint density at radius 3 is 2.85 bits per heavy atom. The highest BCUT2D eigenvalue weighted by Gasteiger charge is 2.39. The molecule has 1 aliphatic carbocycles. The average molecular weight is 354 g/mol. The van der Waals surface area contributed by atoms with E-state index in [-0.39, 0.29) is 17.7 Å². The van der Waals surface area contributed by atoms with Crippen LogP contribution in [0.15, 0.2) is 24.3 Å². The molecule has 0 radical (unpaired) electrons. The molecule has 26 heavy (non-hydrogen) atoms. The number of hydrogen-bond acceptors (Lipinski definition) is 3. The number of imidazole rings is 1. The number of aromatic nitrogens is 2. The Bertz CT molecular complexity index is 778. The summed E-state index contributed by atoms with van der Waals surface area (Å²) < 4.78 is 0. The highest BCUT2D eigenvalue weighted by atomic mass is 16.2. The molecule has 1 saturated carbocycles. The van der Waals surface area contributed by atoms with Crippen LogP contribution in [-0.2, 0) is 16.0 Å². The molecule has 1 aliphatic heterocycles. The predicted molar refractivity (Wildman–Crippen MR) is 99.5 cm³/mol. The van der Waals surface area contributed by atoms with Crippen LogP contribution < -0.4 is 0 Å². The van der Waals surface area contributed by atoms with Gasteiger partial charge in [0.15, 0.2) is 0 Å². The minimum absolute atomic E-state index is 0.0519. The summed E-state index contributed by atoms with van der Waals surface area (Å²) in [6.45, 7) is 3.96. The molecule has 1 atom stereocenters. The number of rotatable bonds is 6. The minimum atomic E-state index is -0.0519. The molecule has 138 valence electrons. The molecule has 6 heteroatoms. The fraction of sp³-hybridized carbons (Fsp3) is 0.550. The zero-order chi connectivity index (χ0) is 18.1. The number of hydrogen-bond donors (Lipinski definition) is 1. The third kappa shape index (κ3) is 3.45. The molecule has 1 aromatic heterocycles. The zero-order valence-electron chi connectivity index (χ0n) is 15.3. The lowest BCUT2D eigenvalue weighted by Gasteiger charge is -2.34. The number of para-hydroxylation sites is 2. The van der Waals surface area contributed by atoms with Gasteiger partial charge in [-0.3, -0.25) is 9.59 Å². The lowest BCUT2D eigenvalue weighted by atomic mass is 9.95. The lowest BCUT2D eigenvalue weighted by molar-refractivity contribution is -0.143. The number of nitrogens with one attached hydrogen (secondary N) is 1.